The van der Waals surface area contributed by atoms with Crippen molar-refractivity contribution in [3.8, 4) is 17.2 Å². The average molecular weight is 487 g/mol. The number of carbonyl (C=O) groups is 2. The molecule has 7 nitrogen and oxygen atoms in total. The van der Waals surface area contributed by atoms with Gasteiger partial charge in [0, 0.05) is 30.0 Å². The maximum absolute atomic E-state index is 11.7. The van der Waals surface area contributed by atoms with Gasteiger partial charge >= 0.3 is 11.9 Å². The summed E-state index contributed by atoms with van der Waals surface area (Å²) in [5.41, 5.74) is 3.32. The number of esters is 1. The van der Waals surface area contributed by atoms with E-state index >= 15 is 0 Å². The molecule has 1 aliphatic heterocycles. The van der Waals surface area contributed by atoms with Crippen molar-refractivity contribution in [1.29, 1.82) is 0 Å². The third-order valence-electron chi connectivity index (χ3n) is 5.27. The number of rotatable bonds is 5. The Bertz CT molecular complexity index is 1210. The van der Waals surface area contributed by atoms with Crippen molar-refractivity contribution in [1.82, 2.24) is 0 Å². The monoisotopic (exact) mass is 486 g/mol. The molecule has 0 saturated carbocycles. The topological polar surface area (TPSA) is 88.1 Å². The molecule has 4 rings (SSSR count). The largest absolute Gasteiger partial charge is 0.504 e. The highest BCUT2D eigenvalue weighted by Crippen LogP contribution is 2.42. The lowest BCUT2D eigenvalue weighted by atomic mass is 10.1. The Kier molecular flexibility index (Phi) is 6.62. The van der Waals surface area contributed by atoms with E-state index in [1.165, 1.54) is 17.7 Å². The van der Waals surface area contributed by atoms with Gasteiger partial charge in [-0.3, -0.25) is 4.79 Å². The number of methoxy groups -OCH3 is 1. The number of ether oxygens (including phenoxy) is 2. The first-order chi connectivity index (χ1) is 15.9. The van der Waals surface area contributed by atoms with Crippen molar-refractivity contribution in [2.24, 2.45) is 0 Å². The zero-order valence-electron chi connectivity index (χ0n) is 17.6. The average Bonchev–Trinajstić information content (AvgIpc) is 3.20. The maximum atomic E-state index is 11.7. The van der Waals surface area contributed by atoms with Crippen molar-refractivity contribution in [3.05, 3.63) is 75.8 Å². The van der Waals surface area contributed by atoms with E-state index in [0.717, 1.165) is 25.8 Å². The number of hydrogen-bond acceptors (Lipinski definition) is 6. The molecule has 1 aliphatic rings. The molecule has 0 radical (unpaired) electrons. The zero-order chi connectivity index (χ0) is 23.5. The number of amides is 1. The van der Waals surface area contributed by atoms with Crippen LogP contribution in [0.15, 0.2) is 54.6 Å². The fourth-order valence-electron chi connectivity index (χ4n) is 3.67. The van der Waals surface area contributed by atoms with Gasteiger partial charge in [0.25, 0.3) is 0 Å². The Morgan fingerprint density at radius 3 is 2.55 bits per heavy atom. The van der Waals surface area contributed by atoms with Gasteiger partial charge in [0.05, 0.1) is 17.2 Å². The number of hydrogen-bond donors (Lipinski definition) is 2. The number of aromatic hydroxyl groups is 1. The third-order valence-corrected chi connectivity index (χ3v) is 5.83. The SMILES string of the molecule is COC(=O)C(=O)Nc1cc(Cl)c(Oc2cccc(CN3CCc4ccccc43)c2O)c(Cl)c1. The van der Waals surface area contributed by atoms with Crippen LogP contribution in [0.1, 0.15) is 11.1 Å². The molecule has 0 aromatic heterocycles. The van der Waals surface area contributed by atoms with E-state index < -0.39 is 11.9 Å². The summed E-state index contributed by atoms with van der Waals surface area (Å²) < 4.78 is 10.2. The lowest BCUT2D eigenvalue weighted by Gasteiger charge is -2.21. The summed E-state index contributed by atoms with van der Waals surface area (Å²) in [6, 6.07) is 16.2. The number of carbonyl (C=O) groups excluding carboxylic acids is 2. The molecule has 3 aromatic rings. The Labute approximate surface area is 200 Å². The van der Waals surface area contributed by atoms with Gasteiger partial charge in [-0.05, 0) is 36.2 Å². The minimum atomic E-state index is -1.05. The molecule has 0 unspecified atom stereocenters. The van der Waals surface area contributed by atoms with Gasteiger partial charge in [0.15, 0.2) is 17.2 Å². The van der Waals surface area contributed by atoms with Crippen LogP contribution >= 0.6 is 23.2 Å². The number of anilines is 2. The molecule has 0 atom stereocenters. The summed E-state index contributed by atoms with van der Waals surface area (Å²) in [6.07, 6.45) is 0.956. The first kappa shape index (κ1) is 22.8. The highest BCUT2D eigenvalue weighted by Gasteiger charge is 2.22. The number of phenolic OH excluding ortho intramolecular Hbond substituents is 1. The Morgan fingerprint density at radius 1 is 1.09 bits per heavy atom. The highest BCUT2D eigenvalue weighted by molar-refractivity contribution is 6.39. The van der Waals surface area contributed by atoms with Crippen LogP contribution in [0.3, 0.4) is 0 Å². The Hall–Kier alpha value is -3.42. The predicted molar refractivity (Wildman–Crippen MR) is 126 cm³/mol. The van der Waals surface area contributed by atoms with Crippen molar-refractivity contribution in [3.63, 3.8) is 0 Å². The highest BCUT2D eigenvalue weighted by atomic mass is 35.5. The van der Waals surface area contributed by atoms with Crippen LogP contribution in [-0.2, 0) is 27.3 Å². The van der Waals surface area contributed by atoms with Gasteiger partial charge in [0.1, 0.15) is 0 Å². The molecule has 0 aliphatic carbocycles. The molecular weight excluding hydrogens is 467 g/mol. The molecule has 9 heteroatoms. The second kappa shape index (κ2) is 9.60. The van der Waals surface area contributed by atoms with Crippen LogP contribution in [0.2, 0.25) is 10.0 Å². The fourth-order valence-corrected chi connectivity index (χ4v) is 4.23. The Balaban J connectivity index is 1.54. The van der Waals surface area contributed by atoms with Gasteiger partial charge in [-0.2, -0.15) is 0 Å². The van der Waals surface area contributed by atoms with Gasteiger partial charge in [-0.15, -0.1) is 0 Å². The molecule has 0 spiro atoms. The van der Waals surface area contributed by atoms with Crippen LogP contribution < -0.4 is 15.0 Å². The summed E-state index contributed by atoms with van der Waals surface area (Å²) in [7, 11) is 1.10. The van der Waals surface area contributed by atoms with E-state index in [2.05, 4.69) is 27.1 Å². The van der Waals surface area contributed by atoms with Gasteiger partial charge in [-0.1, -0.05) is 53.5 Å². The van der Waals surface area contributed by atoms with E-state index in [1.54, 1.807) is 12.1 Å². The van der Waals surface area contributed by atoms with Crippen LogP contribution in [0.25, 0.3) is 0 Å². The minimum Gasteiger partial charge on any atom is -0.504 e. The molecule has 0 fully saturated rings. The summed E-state index contributed by atoms with van der Waals surface area (Å²) in [4.78, 5) is 25.2. The molecule has 2 N–H and O–H groups in total. The number of nitrogens with one attached hydrogen (secondary N) is 1. The molecule has 0 saturated heterocycles. The number of fused-ring (bicyclic) bond motifs is 1. The van der Waals surface area contributed by atoms with E-state index in [0.29, 0.717) is 12.1 Å². The van der Waals surface area contributed by atoms with E-state index in [-0.39, 0.29) is 33.0 Å². The predicted octanol–water partition coefficient (Wildman–Crippen LogP) is 5.17. The van der Waals surface area contributed by atoms with Crippen LogP contribution in [-0.4, -0.2) is 30.6 Å². The van der Waals surface area contributed by atoms with E-state index in [9.17, 15) is 14.7 Å². The lowest BCUT2D eigenvalue weighted by Crippen LogP contribution is -2.23. The van der Waals surface area contributed by atoms with Gasteiger partial charge in [-0.25, -0.2) is 4.79 Å². The molecule has 33 heavy (non-hydrogen) atoms. The number of halogens is 2. The van der Waals surface area contributed by atoms with Gasteiger partial charge in [0.2, 0.25) is 0 Å². The fraction of sp³-hybridized carbons (Fsp3) is 0.167. The molecular formula is C24H20Cl2N2O5. The molecule has 3 aromatic carbocycles. The maximum Gasteiger partial charge on any atom is 0.396 e. The van der Waals surface area contributed by atoms with Crippen LogP contribution in [0.5, 0.6) is 17.2 Å². The second-order valence-corrected chi connectivity index (χ2v) is 8.20. The molecule has 1 amide bonds. The summed E-state index contributed by atoms with van der Waals surface area (Å²) in [5, 5.41) is 13.4. The van der Waals surface area contributed by atoms with Crippen LogP contribution in [0.4, 0.5) is 11.4 Å². The van der Waals surface area contributed by atoms with Crippen molar-refractivity contribution in [2.45, 2.75) is 13.0 Å². The van der Waals surface area contributed by atoms with Crippen molar-refractivity contribution in [2.75, 3.05) is 23.9 Å². The Morgan fingerprint density at radius 2 is 1.82 bits per heavy atom. The number of nitrogens with zero attached hydrogens (tertiary/aromatic N) is 1. The summed E-state index contributed by atoms with van der Waals surface area (Å²) >= 11 is 12.6. The summed E-state index contributed by atoms with van der Waals surface area (Å²) in [5.74, 6) is -1.74. The normalized spacial score (nSPS) is 12.3. The zero-order valence-corrected chi connectivity index (χ0v) is 19.1. The van der Waals surface area contributed by atoms with Crippen molar-refractivity contribution >= 4 is 46.5 Å². The molecule has 0 bridgehead atoms. The molecule has 1 heterocycles. The minimum absolute atomic E-state index is 0.0166. The van der Waals surface area contributed by atoms with Gasteiger partial charge < -0.3 is 24.8 Å². The first-order valence-corrected chi connectivity index (χ1v) is 10.8. The van der Waals surface area contributed by atoms with Crippen molar-refractivity contribution < 1.29 is 24.2 Å². The third kappa shape index (κ3) is 4.84. The number of phenols is 1. The standard InChI is InChI=1S/C24H20Cl2N2O5/c1-32-24(31)23(30)27-16-11-17(25)22(18(26)12-16)33-20-8-4-6-15(21(20)29)13-28-10-9-14-5-2-3-7-19(14)28/h2-8,11-12,29H,9-10,13H2,1H3,(H,27,30). The quantitative estimate of drug-likeness (QED) is 0.382. The first-order valence-electron chi connectivity index (χ1n) is 10.1. The smallest absolute Gasteiger partial charge is 0.396 e. The van der Waals surface area contributed by atoms with E-state index in [1.807, 2.05) is 18.2 Å². The molecule has 170 valence electrons. The van der Waals surface area contributed by atoms with Crippen LogP contribution in [0, 0.1) is 0 Å². The number of benzene rings is 3. The lowest BCUT2D eigenvalue weighted by molar-refractivity contribution is -0.150. The summed E-state index contributed by atoms with van der Waals surface area (Å²) in [6.45, 7) is 1.38. The van der Waals surface area contributed by atoms with E-state index in [4.69, 9.17) is 27.9 Å². The second-order valence-electron chi connectivity index (χ2n) is 7.38. The number of para-hydroxylation sites is 2.